The molecule has 100 valence electrons. The normalized spacial score (nSPS) is 12.4. The highest BCUT2D eigenvalue weighted by atomic mass is 35.5. The second kappa shape index (κ2) is 6.89. The maximum Gasteiger partial charge on any atom is 0.138 e. The molecule has 3 nitrogen and oxygen atoms in total. The third kappa shape index (κ3) is 4.82. The SMILES string of the molecule is CC(N)Cc1cnc(CSc2cccc(Cl)c2)nc1. The number of rotatable bonds is 5. The van der Waals surface area contributed by atoms with Gasteiger partial charge in [-0.15, -0.1) is 11.8 Å². The Kier molecular flexibility index (Phi) is 5.19. The molecule has 0 bridgehead atoms. The first-order valence-electron chi connectivity index (χ1n) is 6.07. The molecule has 0 fully saturated rings. The van der Waals surface area contributed by atoms with Crippen LogP contribution in [-0.4, -0.2) is 16.0 Å². The summed E-state index contributed by atoms with van der Waals surface area (Å²) in [5.41, 5.74) is 6.81. The van der Waals surface area contributed by atoms with Gasteiger partial charge in [0.05, 0.1) is 5.75 Å². The molecule has 1 heterocycles. The van der Waals surface area contributed by atoms with E-state index in [2.05, 4.69) is 9.97 Å². The van der Waals surface area contributed by atoms with Crippen molar-refractivity contribution in [2.45, 2.75) is 30.0 Å². The summed E-state index contributed by atoms with van der Waals surface area (Å²) < 4.78 is 0. The zero-order valence-electron chi connectivity index (χ0n) is 10.7. The van der Waals surface area contributed by atoms with E-state index in [9.17, 15) is 0 Å². The van der Waals surface area contributed by atoms with Gasteiger partial charge in [0, 0.05) is 28.4 Å². The molecule has 1 unspecified atom stereocenters. The van der Waals surface area contributed by atoms with Gasteiger partial charge in [-0.3, -0.25) is 0 Å². The first-order valence-corrected chi connectivity index (χ1v) is 7.43. The molecular formula is C14H16ClN3S. The van der Waals surface area contributed by atoms with Crippen molar-refractivity contribution in [2.24, 2.45) is 5.73 Å². The van der Waals surface area contributed by atoms with Gasteiger partial charge >= 0.3 is 0 Å². The van der Waals surface area contributed by atoms with E-state index < -0.39 is 0 Å². The summed E-state index contributed by atoms with van der Waals surface area (Å²) in [5, 5.41) is 0.748. The number of aromatic nitrogens is 2. The molecule has 0 saturated carbocycles. The molecule has 0 radical (unpaired) electrons. The number of thioether (sulfide) groups is 1. The van der Waals surface area contributed by atoms with Crippen LogP contribution in [0.15, 0.2) is 41.6 Å². The molecule has 0 saturated heterocycles. The molecule has 19 heavy (non-hydrogen) atoms. The Bertz CT molecular complexity index is 528. The molecule has 5 heteroatoms. The van der Waals surface area contributed by atoms with Crippen LogP contribution in [0.4, 0.5) is 0 Å². The van der Waals surface area contributed by atoms with E-state index in [1.165, 1.54) is 0 Å². The topological polar surface area (TPSA) is 51.8 Å². The van der Waals surface area contributed by atoms with Gasteiger partial charge in [0.2, 0.25) is 0 Å². The van der Waals surface area contributed by atoms with Gasteiger partial charge in [-0.05, 0) is 37.1 Å². The Hall–Kier alpha value is -1.10. The summed E-state index contributed by atoms with van der Waals surface area (Å²) in [4.78, 5) is 9.82. The predicted octanol–water partition coefficient (Wildman–Crippen LogP) is 3.31. The highest BCUT2D eigenvalue weighted by Crippen LogP contribution is 2.23. The molecule has 0 aliphatic rings. The summed E-state index contributed by atoms with van der Waals surface area (Å²) in [6.07, 6.45) is 4.51. The van der Waals surface area contributed by atoms with E-state index in [0.717, 1.165) is 33.5 Å². The molecular weight excluding hydrogens is 278 g/mol. The van der Waals surface area contributed by atoms with Gasteiger partial charge in [0.1, 0.15) is 5.82 Å². The van der Waals surface area contributed by atoms with Crippen LogP contribution in [0.1, 0.15) is 18.3 Å². The van der Waals surface area contributed by atoms with Crippen molar-refractivity contribution in [3.8, 4) is 0 Å². The van der Waals surface area contributed by atoms with E-state index >= 15 is 0 Å². The second-order valence-electron chi connectivity index (χ2n) is 4.43. The fourth-order valence-electron chi connectivity index (χ4n) is 1.64. The van der Waals surface area contributed by atoms with Crippen molar-refractivity contribution in [1.82, 2.24) is 9.97 Å². The van der Waals surface area contributed by atoms with Crippen LogP contribution in [0.2, 0.25) is 5.02 Å². The standard InChI is InChI=1S/C14H16ClN3S/c1-10(16)5-11-7-17-14(18-8-11)9-19-13-4-2-3-12(15)6-13/h2-4,6-8,10H,5,9,16H2,1H3. The highest BCUT2D eigenvalue weighted by Gasteiger charge is 2.02. The van der Waals surface area contributed by atoms with Crippen LogP contribution in [-0.2, 0) is 12.2 Å². The minimum absolute atomic E-state index is 0.135. The van der Waals surface area contributed by atoms with Crippen molar-refractivity contribution in [3.05, 3.63) is 53.1 Å². The number of benzene rings is 1. The first kappa shape index (κ1) is 14.3. The number of nitrogens with zero attached hydrogens (tertiary/aromatic N) is 2. The van der Waals surface area contributed by atoms with Crippen molar-refractivity contribution >= 4 is 23.4 Å². The molecule has 2 aromatic rings. The largest absolute Gasteiger partial charge is 0.328 e. The Morgan fingerprint density at radius 2 is 2.05 bits per heavy atom. The number of nitrogens with two attached hydrogens (primary N) is 1. The minimum atomic E-state index is 0.135. The summed E-state index contributed by atoms with van der Waals surface area (Å²) >= 11 is 7.61. The number of hydrogen-bond donors (Lipinski definition) is 1. The lowest BCUT2D eigenvalue weighted by atomic mass is 10.1. The van der Waals surface area contributed by atoms with Crippen LogP contribution in [0, 0.1) is 0 Å². The Morgan fingerprint density at radius 3 is 2.68 bits per heavy atom. The Morgan fingerprint density at radius 1 is 1.32 bits per heavy atom. The van der Waals surface area contributed by atoms with Gasteiger partial charge in [-0.2, -0.15) is 0 Å². The van der Waals surface area contributed by atoms with Gasteiger partial charge in [0.25, 0.3) is 0 Å². The van der Waals surface area contributed by atoms with Gasteiger partial charge in [-0.1, -0.05) is 17.7 Å². The van der Waals surface area contributed by atoms with E-state index in [0.29, 0.717) is 0 Å². The van der Waals surface area contributed by atoms with E-state index in [4.69, 9.17) is 17.3 Å². The summed E-state index contributed by atoms with van der Waals surface area (Å²) in [5.74, 6) is 1.55. The lowest BCUT2D eigenvalue weighted by molar-refractivity contribution is 0.730. The maximum atomic E-state index is 5.94. The smallest absolute Gasteiger partial charge is 0.138 e. The molecule has 0 aliphatic carbocycles. The van der Waals surface area contributed by atoms with Gasteiger partial charge in [-0.25, -0.2) is 9.97 Å². The van der Waals surface area contributed by atoms with E-state index in [1.807, 2.05) is 43.6 Å². The number of halogens is 1. The Labute approximate surface area is 122 Å². The third-order valence-electron chi connectivity index (χ3n) is 2.48. The molecule has 0 amide bonds. The monoisotopic (exact) mass is 293 g/mol. The fraction of sp³-hybridized carbons (Fsp3) is 0.286. The molecule has 1 atom stereocenters. The molecule has 1 aromatic heterocycles. The summed E-state index contributed by atoms with van der Waals surface area (Å²) in [6, 6.07) is 7.91. The summed E-state index contributed by atoms with van der Waals surface area (Å²) in [6.45, 7) is 1.98. The van der Waals surface area contributed by atoms with Crippen molar-refractivity contribution < 1.29 is 0 Å². The molecule has 0 spiro atoms. The van der Waals surface area contributed by atoms with E-state index in [1.54, 1.807) is 11.8 Å². The quantitative estimate of drug-likeness (QED) is 0.859. The van der Waals surface area contributed by atoms with Crippen LogP contribution < -0.4 is 5.73 Å². The zero-order valence-corrected chi connectivity index (χ0v) is 12.3. The predicted molar refractivity (Wildman–Crippen MR) is 80.4 cm³/mol. The molecule has 1 aromatic carbocycles. The van der Waals surface area contributed by atoms with Crippen LogP contribution in [0.3, 0.4) is 0 Å². The van der Waals surface area contributed by atoms with Crippen molar-refractivity contribution in [2.75, 3.05) is 0 Å². The van der Waals surface area contributed by atoms with Crippen LogP contribution >= 0.6 is 23.4 Å². The fourth-order valence-corrected chi connectivity index (χ4v) is 2.72. The molecule has 2 N–H and O–H groups in total. The van der Waals surface area contributed by atoms with Crippen molar-refractivity contribution in [1.29, 1.82) is 0 Å². The van der Waals surface area contributed by atoms with Crippen LogP contribution in [0.25, 0.3) is 0 Å². The first-order chi connectivity index (χ1) is 9.13. The zero-order chi connectivity index (χ0) is 13.7. The maximum absolute atomic E-state index is 5.94. The minimum Gasteiger partial charge on any atom is -0.328 e. The third-order valence-corrected chi connectivity index (χ3v) is 3.71. The van der Waals surface area contributed by atoms with Crippen molar-refractivity contribution in [3.63, 3.8) is 0 Å². The number of hydrogen-bond acceptors (Lipinski definition) is 4. The van der Waals surface area contributed by atoms with Crippen LogP contribution in [0.5, 0.6) is 0 Å². The second-order valence-corrected chi connectivity index (χ2v) is 5.92. The average molecular weight is 294 g/mol. The molecule has 0 aliphatic heterocycles. The lowest BCUT2D eigenvalue weighted by Gasteiger charge is -2.05. The van der Waals surface area contributed by atoms with E-state index in [-0.39, 0.29) is 6.04 Å². The molecule has 2 rings (SSSR count). The average Bonchev–Trinajstić information content (AvgIpc) is 2.37. The summed E-state index contributed by atoms with van der Waals surface area (Å²) in [7, 11) is 0. The Balaban J connectivity index is 1.93. The van der Waals surface area contributed by atoms with Gasteiger partial charge in [0.15, 0.2) is 0 Å². The van der Waals surface area contributed by atoms with Gasteiger partial charge < -0.3 is 5.73 Å². The highest BCUT2D eigenvalue weighted by molar-refractivity contribution is 7.98. The lowest BCUT2D eigenvalue weighted by Crippen LogP contribution is -2.18.